The van der Waals surface area contributed by atoms with Crippen molar-refractivity contribution in [2.75, 3.05) is 11.1 Å². The van der Waals surface area contributed by atoms with Gasteiger partial charge in [-0.3, -0.25) is 9.36 Å². The lowest BCUT2D eigenvalue weighted by Crippen LogP contribution is -2.28. The van der Waals surface area contributed by atoms with Gasteiger partial charge in [-0.1, -0.05) is 63.2 Å². The summed E-state index contributed by atoms with van der Waals surface area (Å²) in [4.78, 5) is 14.2. The molecule has 0 saturated carbocycles. The molecule has 1 aliphatic carbocycles. The fourth-order valence-electron chi connectivity index (χ4n) is 4.98. The molecule has 3 aromatic rings. The summed E-state index contributed by atoms with van der Waals surface area (Å²) in [6.45, 7) is 15.2. The minimum Gasteiger partial charge on any atom is -0.482 e. The number of fused-ring (bicyclic) bond motifs is 1. The van der Waals surface area contributed by atoms with Crippen molar-refractivity contribution in [3.05, 3.63) is 64.3 Å². The van der Waals surface area contributed by atoms with Gasteiger partial charge in [-0.2, -0.15) is 5.26 Å². The van der Waals surface area contributed by atoms with E-state index in [1.165, 1.54) is 16.6 Å². The number of thioether (sulfide) groups is 1. The molecule has 0 fully saturated rings. The van der Waals surface area contributed by atoms with Gasteiger partial charge in [0.15, 0.2) is 17.1 Å². The van der Waals surface area contributed by atoms with E-state index in [1.54, 1.807) is 17.4 Å². The number of nitrogens with zero attached hydrogens (tertiary/aromatic N) is 4. The zero-order chi connectivity index (χ0) is 28.2. The van der Waals surface area contributed by atoms with Gasteiger partial charge in [-0.25, -0.2) is 0 Å². The number of para-hydroxylation sites is 1. The number of hydrogen-bond donors (Lipinski definition) is 1. The van der Waals surface area contributed by atoms with Crippen molar-refractivity contribution >= 4 is 34.0 Å². The minimum atomic E-state index is -0.334. The molecule has 1 N–H and O–H groups in total. The number of ether oxygens (including phenoxy) is 1. The van der Waals surface area contributed by atoms with Crippen LogP contribution in [0.2, 0.25) is 0 Å². The zero-order valence-corrected chi connectivity index (χ0v) is 25.0. The maximum absolute atomic E-state index is 13.0. The lowest BCUT2D eigenvalue weighted by atomic mass is 9.69. The number of hydrogen-bond acceptors (Lipinski definition) is 7. The van der Waals surface area contributed by atoms with Crippen molar-refractivity contribution in [1.82, 2.24) is 14.8 Å². The first-order valence-corrected chi connectivity index (χ1v) is 15.2. The monoisotopic (exact) mass is 563 g/mol. The van der Waals surface area contributed by atoms with Crippen LogP contribution in [0, 0.1) is 29.6 Å². The molecule has 0 radical (unpaired) electrons. The second kappa shape index (κ2) is 12.4. The van der Waals surface area contributed by atoms with Crippen molar-refractivity contribution in [2.45, 2.75) is 78.1 Å². The first kappa shape index (κ1) is 28.9. The Balaban J connectivity index is 1.44. The quantitative estimate of drug-likeness (QED) is 0.197. The topological polar surface area (TPSA) is 92.8 Å². The molecule has 9 heteroatoms. The highest BCUT2D eigenvalue weighted by atomic mass is 32.2. The number of benzene rings is 1. The third-order valence-electron chi connectivity index (χ3n) is 7.80. The van der Waals surface area contributed by atoms with Crippen molar-refractivity contribution in [2.24, 2.45) is 11.3 Å². The number of aryl methyl sites for hydroxylation is 1. The van der Waals surface area contributed by atoms with Gasteiger partial charge in [0.1, 0.15) is 16.8 Å². The van der Waals surface area contributed by atoms with Crippen LogP contribution in [0.5, 0.6) is 5.75 Å². The normalized spacial score (nSPS) is 15.7. The first-order chi connectivity index (χ1) is 18.7. The smallest absolute Gasteiger partial charge is 0.235 e. The molecule has 1 aliphatic rings. The maximum Gasteiger partial charge on any atom is 0.235 e. The highest BCUT2D eigenvalue weighted by Gasteiger charge is 2.34. The van der Waals surface area contributed by atoms with E-state index in [-0.39, 0.29) is 23.2 Å². The Bertz CT molecular complexity index is 1380. The van der Waals surface area contributed by atoms with Gasteiger partial charge in [0.25, 0.3) is 0 Å². The minimum absolute atomic E-state index is 0.154. The number of thiophene rings is 1. The fourth-order valence-corrected chi connectivity index (χ4v) is 7.03. The summed E-state index contributed by atoms with van der Waals surface area (Å²) >= 11 is 2.87. The van der Waals surface area contributed by atoms with Crippen molar-refractivity contribution in [1.29, 1.82) is 5.26 Å². The second-order valence-corrected chi connectivity index (χ2v) is 12.8. The van der Waals surface area contributed by atoms with Crippen LogP contribution >= 0.6 is 23.1 Å². The number of allylic oxidation sites excluding steroid dienone is 1. The van der Waals surface area contributed by atoms with Crippen LogP contribution in [0.25, 0.3) is 0 Å². The van der Waals surface area contributed by atoms with E-state index in [2.05, 4.69) is 48.9 Å². The van der Waals surface area contributed by atoms with Gasteiger partial charge < -0.3 is 10.1 Å². The van der Waals surface area contributed by atoms with Crippen LogP contribution in [0.4, 0.5) is 5.00 Å². The molecule has 0 saturated heterocycles. The van der Waals surface area contributed by atoms with Crippen LogP contribution in [-0.2, 0) is 24.2 Å². The highest BCUT2D eigenvalue weighted by Crippen LogP contribution is 2.45. The molecule has 7 nitrogen and oxygen atoms in total. The Morgan fingerprint density at radius 2 is 2.18 bits per heavy atom. The van der Waals surface area contributed by atoms with Crippen LogP contribution in [0.1, 0.15) is 74.0 Å². The lowest BCUT2D eigenvalue weighted by molar-refractivity contribution is -0.113. The Hall–Kier alpha value is -3.09. The molecule has 39 heavy (non-hydrogen) atoms. The summed E-state index contributed by atoms with van der Waals surface area (Å²) < 4.78 is 8.09. The molecular weight excluding hydrogens is 526 g/mol. The van der Waals surface area contributed by atoms with E-state index in [0.29, 0.717) is 34.0 Å². The number of carbonyl (C=O) groups is 1. The van der Waals surface area contributed by atoms with Gasteiger partial charge in [0, 0.05) is 11.4 Å². The molecule has 2 atom stereocenters. The summed E-state index contributed by atoms with van der Waals surface area (Å²) in [7, 11) is 0. The van der Waals surface area contributed by atoms with Crippen LogP contribution in [0.15, 0.2) is 42.1 Å². The molecule has 206 valence electrons. The van der Waals surface area contributed by atoms with E-state index in [4.69, 9.17) is 4.74 Å². The molecule has 1 amide bonds. The van der Waals surface area contributed by atoms with Gasteiger partial charge in [-0.15, -0.1) is 28.1 Å². The summed E-state index contributed by atoms with van der Waals surface area (Å²) in [6.07, 6.45) is 5.51. The number of amides is 1. The lowest BCUT2D eigenvalue weighted by Gasteiger charge is -2.36. The van der Waals surface area contributed by atoms with Crippen LogP contribution < -0.4 is 10.1 Å². The van der Waals surface area contributed by atoms with E-state index < -0.39 is 0 Å². The van der Waals surface area contributed by atoms with Crippen LogP contribution in [-0.4, -0.2) is 26.4 Å². The summed E-state index contributed by atoms with van der Waals surface area (Å²) in [5.74, 6) is 2.04. The number of aromatic nitrogens is 3. The second-order valence-electron chi connectivity index (χ2n) is 10.7. The third kappa shape index (κ3) is 6.39. The Labute approximate surface area is 239 Å². The maximum atomic E-state index is 13.0. The molecular formula is C30H37N5O2S2. The third-order valence-corrected chi connectivity index (χ3v) is 9.93. The number of carbonyl (C=O) groups excluding carboxylic acids is 1. The Morgan fingerprint density at radius 3 is 2.87 bits per heavy atom. The molecule has 2 heterocycles. The Morgan fingerprint density at radius 1 is 1.41 bits per heavy atom. The molecule has 0 bridgehead atoms. The SMILES string of the molecule is C=CCn1c(SCC(=O)Nc2sc3c(c2C#N)CCC(C(C)(C)CC)C3)nnc1C(C)Oc1ccccc1C. The van der Waals surface area contributed by atoms with E-state index in [0.717, 1.165) is 42.6 Å². The van der Waals surface area contributed by atoms with E-state index >= 15 is 0 Å². The summed E-state index contributed by atoms with van der Waals surface area (Å²) in [5, 5.41) is 22.9. The molecule has 0 spiro atoms. The van der Waals surface area contributed by atoms with Gasteiger partial charge >= 0.3 is 0 Å². The summed E-state index contributed by atoms with van der Waals surface area (Å²) in [6, 6.07) is 10.2. The first-order valence-electron chi connectivity index (χ1n) is 13.4. The highest BCUT2D eigenvalue weighted by molar-refractivity contribution is 7.99. The molecule has 4 rings (SSSR count). The zero-order valence-electron chi connectivity index (χ0n) is 23.4. The average molecular weight is 564 g/mol. The fraction of sp³-hybridized carbons (Fsp3) is 0.467. The van der Waals surface area contributed by atoms with Gasteiger partial charge in [-0.05, 0) is 61.6 Å². The number of anilines is 1. The predicted molar refractivity (Wildman–Crippen MR) is 158 cm³/mol. The van der Waals surface area contributed by atoms with Crippen molar-refractivity contribution in [3.63, 3.8) is 0 Å². The molecule has 1 aromatic carbocycles. The van der Waals surface area contributed by atoms with Gasteiger partial charge in [0.2, 0.25) is 5.91 Å². The van der Waals surface area contributed by atoms with Crippen LogP contribution in [0.3, 0.4) is 0 Å². The van der Waals surface area contributed by atoms with E-state index in [1.807, 2.05) is 42.7 Å². The van der Waals surface area contributed by atoms with E-state index in [9.17, 15) is 10.1 Å². The summed E-state index contributed by atoms with van der Waals surface area (Å²) in [5.41, 5.74) is 3.05. The molecule has 2 aromatic heterocycles. The van der Waals surface area contributed by atoms with Gasteiger partial charge in [0.05, 0.1) is 11.3 Å². The number of rotatable bonds is 11. The molecule has 2 unspecified atom stereocenters. The average Bonchev–Trinajstić information content (AvgIpc) is 3.48. The number of nitrogens with one attached hydrogen (secondary N) is 1. The molecule has 0 aliphatic heterocycles. The largest absolute Gasteiger partial charge is 0.482 e. The standard InChI is InChI=1S/C30H37N5O2S2/c1-7-15-35-27(20(4)37-24-12-10-9-11-19(24)3)33-34-29(35)38-18-26(36)32-28-23(17-31)22-14-13-21(16-25(22)39-28)30(5,6)8-2/h7,9-12,20-21H,1,8,13-16,18H2,2-6H3,(H,32,36). The Kier molecular flexibility index (Phi) is 9.19. The van der Waals surface area contributed by atoms with Crippen molar-refractivity contribution < 1.29 is 9.53 Å². The van der Waals surface area contributed by atoms with Crippen molar-refractivity contribution in [3.8, 4) is 11.8 Å². The predicted octanol–water partition coefficient (Wildman–Crippen LogP) is 7.12. The number of nitriles is 1.